The van der Waals surface area contributed by atoms with Crippen molar-refractivity contribution in [2.45, 2.75) is 64.4 Å². The molecule has 4 bridgehead atoms. The molecule has 0 aromatic heterocycles. The van der Waals surface area contributed by atoms with E-state index in [-0.39, 0.29) is 18.5 Å². The second-order valence-electron chi connectivity index (χ2n) is 7.06. The first-order valence-corrected chi connectivity index (χ1v) is 7.51. The fourth-order valence-corrected chi connectivity index (χ4v) is 5.27. The Hall–Kier alpha value is -0.0800. The molecule has 2 atom stereocenters. The van der Waals surface area contributed by atoms with Gasteiger partial charge in [-0.05, 0) is 69.6 Å². The smallest absolute Gasteiger partial charge is 0.161 e. The summed E-state index contributed by atoms with van der Waals surface area (Å²) < 4.78 is 12.2. The highest BCUT2D eigenvalue weighted by Crippen LogP contribution is 2.58. The lowest BCUT2D eigenvalue weighted by atomic mass is 9.51. The van der Waals surface area contributed by atoms with Gasteiger partial charge >= 0.3 is 0 Å². The molecule has 0 aromatic rings. The van der Waals surface area contributed by atoms with Gasteiger partial charge in [-0.15, -0.1) is 0 Å². The third kappa shape index (κ3) is 1.60. The van der Waals surface area contributed by atoms with E-state index in [1.54, 1.807) is 0 Å². The Labute approximate surface area is 104 Å². The zero-order valence-corrected chi connectivity index (χ0v) is 11.0. The first-order chi connectivity index (χ1) is 8.20. The van der Waals surface area contributed by atoms with Crippen LogP contribution in [0.15, 0.2) is 0 Å². The molecule has 4 saturated carbocycles. The van der Waals surface area contributed by atoms with Gasteiger partial charge in [-0.25, -0.2) is 0 Å². The van der Waals surface area contributed by atoms with Crippen molar-refractivity contribution in [2.75, 3.05) is 0 Å². The van der Waals surface area contributed by atoms with Crippen LogP contribution in [0, 0.1) is 29.6 Å². The highest BCUT2D eigenvalue weighted by atomic mass is 16.7. The van der Waals surface area contributed by atoms with Gasteiger partial charge < -0.3 is 9.47 Å². The molecule has 0 N–H and O–H groups in total. The van der Waals surface area contributed by atoms with E-state index in [9.17, 15) is 0 Å². The second-order valence-corrected chi connectivity index (χ2v) is 7.06. The van der Waals surface area contributed by atoms with Gasteiger partial charge in [-0.2, -0.15) is 0 Å². The van der Waals surface area contributed by atoms with E-state index in [2.05, 4.69) is 13.8 Å². The van der Waals surface area contributed by atoms with E-state index >= 15 is 0 Å². The van der Waals surface area contributed by atoms with Crippen molar-refractivity contribution in [3.05, 3.63) is 0 Å². The highest BCUT2D eigenvalue weighted by Gasteiger charge is 2.53. The Morgan fingerprint density at radius 2 is 1.18 bits per heavy atom. The van der Waals surface area contributed by atoms with Crippen molar-refractivity contribution in [1.29, 1.82) is 0 Å². The molecule has 1 saturated heterocycles. The second kappa shape index (κ2) is 3.71. The summed E-state index contributed by atoms with van der Waals surface area (Å²) in [6, 6.07) is 0. The van der Waals surface area contributed by atoms with Crippen molar-refractivity contribution >= 4 is 0 Å². The van der Waals surface area contributed by atoms with Gasteiger partial charge in [0, 0.05) is 5.92 Å². The Morgan fingerprint density at radius 1 is 0.706 bits per heavy atom. The minimum atomic E-state index is 0.120. The van der Waals surface area contributed by atoms with Crippen molar-refractivity contribution < 1.29 is 9.47 Å². The molecular weight excluding hydrogens is 212 g/mol. The summed E-state index contributed by atoms with van der Waals surface area (Å²) in [5, 5.41) is 0. The van der Waals surface area contributed by atoms with Crippen LogP contribution in [-0.4, -0.2) is 18.5 Å². The molecule has 96 valence electrons. The molecule has 0 aromatic carbocycles. The van der Waals surface area contributed by atoms with Gasteiger partial charge in [-0.3, -0.25) is 0 Å². The summed E-state index contributed by atoms with van der Waals surface area (Å²) in [7, 11) is 0. The fourth-order valence-electron chi connectivity index (χ4n) is 5.27. The first-order valence-electron chi connectivity index (χ1n) is 7.51. The minimum absolute atomic E-state index is 0.120. The third-order valence-corrected chi connectivity index (χ3v) is 5.97. The Kier molecular flexibility index (Phi) is 2.36. The van der Waals surface area contributed by atoms with Gasteiger partial charge in [0.2, 0.25) is 0 Å². The molecule has 17 heavy (non-hydrogen) atoms. The van der Waals surface area contributed by atoms with Crippen molar-refractivity contribution in [2.24, 2.45) is 29.6 Å². The summed E-state index contributed by atoms with van der Waals surface area (Å²) in [6.07, 6.45) is 8.07. The zero-order valence-electron chi connectivity index (χ0n) is 11.0. The number of ether oxygens (including phenoxy) is 2. The maximum absolute atomic E-state index is 6.08. The molecule has 2 unspecified atom stereocenters. The minimum Gasteiger partial charge on any atom is -0.347 e. The molecule has 5 aliphatic rings. The lowest BCUT2D eigenvalue weighted by Gasteiger charge is -2.55. The summed E-state index contributed by atoms with van der Waals surface area (Å²) in [5.74, 6) is 4.63. The molecule has 5 rings (SSSR count). The third-order valence-electron chi connectivity index (χ3n) is 5.97. The quantitative estimate of drug-likeness (QED) is 0.696. The van der Waals surface area contributed by atoms with Gasteiger partial charge in [0.1, 0.15) is 0 Å². The summed E-state index contributed by atoms with van der Waals surface area (Å²) in [6.45, 7) is 4.31. The average molecular weight is 236 g/mol. The van der Waals surface area contributed by atoms with Crippen LogP contribution in [0.5, 0.6) is 0 Å². The van der Waals surface area contributed by atoms with Crippen LogP contribution in [0.4, 0.5) is 0 Å². The van der Waals surface area contributed by atoms with Crippen LogP contribution in [0.1, 0.15) is 46.0 Å². The molecule has 0 amide bonds. The maximum atomic E-state index is 6.08. The monoisotopic (exact) mass is 236 g/mol. The van der Waals surface area contributed by atoms with E-state index in [4.69, 9.17) is 9.47 Å². The van der Waals surface area contributed by atoms with E-state index in [1.807, 2.05) is 0 Å². The molecule has 5 fully saturated rings. The van der Waals surface area contributed by atoms with Gasteiger partial charge in [0.05, 0.1) is 12.2 Å². The van der Waals surface area contributed by atoms with E-state index in [0.717, 1.165) is 29.6 Å². The Morgan fingerprint density at radius 3 is 1.65 bits per heavy atom. The van der Waals surface area contributed by atoms with Crippen LogP contribution in [0.2, 0.25) is 0 Å². The van der Waals surface area contributed by atoms with E-state index < -0.39 is 0 Å². The maximum Gasteiger partial charge on any atom is 0.161 e. The zero-order chi connectivity index (χ0) is 11.6. The topological polar surface area (TPSA) is 18.5 Å². The normalized spacial score (nSPS) is 61.1. The molecule has 2 heteroatoms. The van der Waals surface area contributed by atoms with Crippen LogP contribution in [-0.2, 0) is 9.47 Å². The summed E-state index contributed by atoms with van der Waals surface area (Å²) in [5.41, 5.74) is 0. The predicted octanol–water partition coefficient (Wildman–Crippen LogP) is 3.21. The van der Waals surface area contributed by atoms with Crippen LogP contribution in [0.3, 0.4) is 0 Å². The van der Waals surface area contributed by atoms with Gasteiger partial charge in [-0.1, -0.05) is 0 Å². The predicted molar refractivity (Wildman–Crippen MR) is 65.4 cm³/mol. The van der Waals surface area contributed by atoms with Crippen molar-refractivity contribution in [3.8, 4) is 0 Å². The van der Waals surface area contributed by atoms with Crippen molar-refractivity contribution in [1.82, 2.24) is 0 Å². The fraction of sp³-hybridized carbons (Fsp3) is 1.00. The van der Waals surface area contributed by atoms with Crippen LogP contribution >= 0.6 is 0 Å². The lowest BCUT2D eigenvalue weighted by Crippen LogP contribution is -2.49. The molecule has 2 nitrogen and oxygen atoms in total. The highest BCUT2D eigenvalue weighted by molar-refractivity contribution is 5.00. The summed E-state index contributed by atoms with van der Waals surface area (Å²) >= 11 is 0. The molecule has 0 spiro atoms. The van der Waals surface area contributed by atoms with E-state index in [0.29, 0.717) is 0 Å². The Bertz CT molecular complexity index is 276. The standard InChI is InChI=1S/C15H24O2/c1-8-9(2)17-15(16-8)14-12-4-10-3-11(6-12)7-13(14)5-10/h8-15H,3-7H2,1-2H3. The largest absolute Gasteiger partial charge is 0.347 e. The number of hydrogen-bond acceptors (Lipinski definition) is 2. The Balaban J connectivity index is 1.55. The lowest BCUT2D eigenvalue weighted by molar-refractivity contribution is -0.177. The summed E-state index contributed by atoms with van der Waals surface area (Å²) in [4.78, 5) is 0. The van der Waals surface area contributed by atoms with Crippen LogP contribution < -0.4 is 0 Å². The molecular formula is C15H24O2. The molecule has 4 aliphatic carbocycles. The van der Waals surface area contributed by atoms with Crippen LogP contribution in [0.25, 0.3) is 0 Å². The van der Waals surface area contributed by atoms with Gasteiger partial charge in [0.25, 0.3) is 0 Å². The van der Waals surface area contributed by atoms with E-state index in [1.165, 1.54) is 32.1 Å². The SMILES string of the molecule is CC1OC(C2C3CC4CC(C3)CC2C4)OC1C. The van der Waals surface area contributed by atoms with Gasteiger partial charge in [0.15, 0.2) is 6.29 Å². The molecule has 1 aliphatic heterocycles. The average Bonchev–Trinajstić information content (AvgIpc) is 2.57. The molecule has 1 heterocycles. The first kappa shape index (κ1) is 10.8. The van der Waals surface area contributed by atoms with Crippen molar-refractivity contribution in [3.63, 3.8) is 0 Å². The molecule has 0 radical (unpaired) electrons. The number of hydrogen-bond donors (Lipinski definition) is 0. The number of rotatable bonds is 1.